The largest absolute Gasteiger partial charge is 0.340 e. The molecule has 1 aromatic heterocycles. The molecule has 1 aliphatic heterocycles. The maximum Gasteiger partial charge on any atom is 0.275 e. The van der Waals surface area contributed by atoms with E-state index in [9.17, 15) is 22.8 Å². The van der Waals surface area contributed by atoms with Crippen LogP contribution in [-0.4, -0.2) is 51.7 Å². The fourth-order valence-electron chi connectivity index (χ4n) is 4.40. The van der Waals surface area contributed by atoms with Gasteiger partial charge >= 0.3 is 0 Å². The predicted octanol–water partition coefficient (Wildman–Crippen LogP) is 3.83. The van der Waals surface area contributed by atoms with Crippen LogP contribution < -0.4 is 5.56 Å². The lowest BCUT2D eigenvalue weighted by molar-refractivity contribution is -0.132. The minimum absolute atomic E-state index is 0.0390. The molecule has 0 saturated carbocycles. The van der Waals surface area contributed by atoms with E-state index in [4.69, 9.17) is 0 Å². The van der Waals surface area contributed by atoms with Crippen LogP contribution in [0.4, 0.5) is 13.2 Å². The van der Waals surface area contributed by atoms with Gasteiger partial charge < -0.3 is 4.90 Å². The van der Waals surface area contributed by atoms with E-state index in [1.54, 1.807) is 41.3 Å². The zero-order valence-electron chi connectivity index (χ0n) is 19.3. The Labute approximate surface area is 205 Å². The highest BCUT2D eigenvalue weighted by atomic mass is 19.2. The van der Waals surface area contributed by atoms with Crippen molar-refractivity contribution in [3.05, 3.63) is 100 Å². The summed E-state index contributed by atoms with van der Waals surface area (Å²) in [5.74, 6) is -2.33. The van der Waals surface area contributed by atoms with Gasteiger partial charge in [-0.1, -0.05) is 30.3 Å². The third kappa shape index (κ3) is 4.87. The SMILES string of the molecule is O=C(Cc1ccc(F)cc1)N1CCN(Cn2nc(-c3ccc(F)c(F)c3)c3ccccc3c2=O)CC1. The Morgan fingerprint density at radius 1 is 0.833 bits per heavy atom. The van der Waals surface area contributed by atoms with Crippen molar-refractivity contribution in [1.29, 1.82) is 0 Å². The van der Waals surface area contributed by atoms with Gasteiger partial charge in [-0.15, -0.1) is 0 Å². The highest BCUT2D eigenvalue weighted by Crippen LogP contribution is 2.26. The van der Waals surface area contributed by atoms with Crippen LogP contribution in [0.2, 0.25) is 0 Å². The first-order valence-electron chi connectivity index (χ1n) is 11.6. The molecule has 2 heterocycles. The molecule has 0 atom stereocenters. The zero-order valence-corrected chi connectivity index (χ0v) is 19.3. The minimum atomic E-state index is -0.988. The summed E-state index contributed by atoms with van der Waals surface area (Å²) in [6.07, 6.45) is 0.198. The molecule has 9 heteroatoms. The van der Waals surface area contributed by atoms with Gasteiger partial charge in [0.25, 0.3) is 5.56 Å². The molecule has 0 unspecified atom stereocenters. The first-order valence-corrected chi connectivity index (χ1v) is 11.6. The van der Waals surface area contributed by atoms with Crippen LogP contribution >= 0.6 is 0 Å². The van der Waals surface area contributed by atoms with E-state index in [0.29, 0.717) is 48.2 Å². The molecule has 0 N–H and O–H groups in total. The Bertz CT molecular complexity index is 1480. The lowest BCUT2D eigenvalue weighted by atomic mass is 10.0. The van der Waals surface area contributed by atoms with Gasteiger partial charge in [0.1, 0.15) is 5.82 Å². The van der Waals surface area contributed by atoms with Gasteiger partial charge in [-0.25, -0.2) is 17.9 Å². The quantitative estimate of drug-likeness (QED) is 0.425. The number of halogens is 3. The van der Waals surface area contributed by atoms with Crippen LogP contribution in [-0.2, 0) is 17.9 Å². The highest BCUT2D eigenvalue weighted by molar-refractivity contribution is 5.93. The molecule has 3 aromatic carbocycles. The first-order chi connectivity index (χ1) is 17.4. The fourth-order valence-corrected chi connectivity index (χ4v) is 4.40. The van der Waals surface area contributed by atoms with Crippen LogP contribution in [0.3, 0.4) is 0 Å². The van der Waals surface area contributed by atoms with E-state index in [0.717, 1.165) is 17.7 Å². The molecule has 0 aliphatic carbocycles. The van der Waals surface area contributed by atoms with E-state index in [1.807, 2.05) is 4.90 Å². The van der Waals surface area contributed by atoms with Crippen molar-refractivity contribution in [3.8, 4) is 11.3 Å². The number of nitrogens with zero attached hydrogens (tertiary/aromatic N) is 4. The summed E-state index contributed by atoms with van der Waals surface area (Å²) in [5.41, 5.74) is 1.22. The molecule has 1 fully saturated rings. The van der Waals surface area contributed by atoms with Gasteiger partial charge in [-0.3, -0.25) is 14.5 Å². The third-order valence-corrected chi connectivity index (χ3v) is 6.39. The molecule has 6 nitrogen and oxygen atoms in total. The number of carbonyl (C=O) groups is 1. The third-order valence-electron chi connectivity index (χ3n) is 6.39. The molecule has 0 spiro atoms. The van der Waals surface area contributed by atoms with Gasteiger partial charge in [0.15, 0.2) is 11.6 Å². The molecular weight excluding hydrogens is 469 g/mol. The predicted molar refractivity (Wildman–Crippen MR) is 130 cm³/mol. The highest BCUT2D eigenvalue weighted by Gasteiger charge is 2.23. The molecule has 1 aliphatic rings. The second-order valence-electron chi connectivity index (χ2n) is 8.77. The van der Waals surface area contributed by atoms with E-state index < -0.39 is 11.6 Å². The van der Waals surface area contributed by atoms with Gasteiger partial charge in [-0.05, 0) is 42.0 Å². The average Bonchev–Trinajstić information content (AvgIpc) is 2.89. The number of rotatable bonds is 5. The van der Waals surface area contributed by atoms with Crippen LogP contribution in [0.5, 0.6) is 0 Å². The molecule has 5 rings (SSSR count). The first kappa shape index (κ1) is 23.7. The van der Waals surface area contributed by atoms with Gasteiger partial charge in [-0.2, -0.15) is 5.10 Å². The lowest BCUT2D eigenvalue weighted by Crippen LogP contribution is -2.50. The maximum absolute atomic E-state index is 13.9. The van der Waals surface area contributed by atoms with Crippen LogP contribution in [0.1, 0.15) is 5.56 Å². The number of hydrogen-bond donors (Lipinski definition) is 0. The van der Waals surface area contributed by atoms with Crippen molar-refractivity contribution in [1.82, 2.24) is 19.6 Å². The van der Waals surface area contributed by atoms with Crippen LogP contribution in [0, 0.1) is 17.5 Å². The summed E-state index contributed by atoms with van der Waals surface area (Å²) in [5, 5.41) is 5.50. The molecule has 36 heavy (non-hydrogen) atoms. The number of hydrogen-bond acceptors (Lipinski definition) is 4. The van der Waals surface area contributed by atoms with Gasteiger partial charge in [0.2, 0.25) is 5.91 Å². The number of aromatic nitrogens is 2. The van der Waals surface area contributed by atoms with Gasteiger partial charge in [0, 0.05) is 37.1 Å². The lowest BCUT2D eigenvalue weighted by Gasteiger charge is -2.34. The molecule has 184 valence electrons. The minimum Gasteiger partial charge on any atom is -0.340 e. The summed E-state index contributed by atoms with van der Waals surface area (Å²) < 4.78 is 41.9. The molecule has 1 amide bonds. The van der Waals surface area contributed by atoms with Gasteiger partial charge in [0.05, 0.1) is 24.2 Å². The van der Waals surface area contributed by atoms with Crippen molar-refractivity contribution < 1.29 is 18.0 Å². The smallest absolute Gasteiger partial charge is 0.275 e. The summed E-state index contributed by atoms with van der Waals surface area (Å²) in [4.78, 5) is 29.6. The number of benzene rings is 3. The second-order valence-corrected chi connectivity index (χ2v) is 8.77. The van der Waals surface area contributed by atoms with E-state index in [1.165, 1.54) is 22.9 Å². The van der Waals surface area contributed by atoms with E-state index in [-0.39, 0.29) is 30.4 Å². The number of amides is 1. The Balaban J connectivity index is 1.33. The fraction of sp³-hybridized carbons (Fsp3) is 0.222. The van der Waals surface area contributed by atoms with E-state index in [2.05, 4.69) is 5.10 Å². The normalized spacial score (nSPS) is 14.4. The Kier molecular flexibility index (Phi) is 6.56. The van der Waals surface area contributed by atoms with Crippen molar-refractivity contribution in [2.45, 2.75) is 13.1 Å². The Morgan fingerprint density at radius 2 is 1.53 bits per heavy atom. The second kappa shape index (κ2) is 9.94. The topological polar surface area (TPSA) is 58.4 Å². The zero-order chi connectivity index (χ0) is 25.2. The van der Waals surface area contributed by atoms with Crippen molar-refractivity contribution in [3.63, 3.8) is 0 Å². The standard InChI is InChI=1S/C27H23F3N4O2/c28-20-8-5-18(6-9-20)15-25(35)33-13-11-32(12-14-33)17-34-27(36)22-4-2-1-3-21(22)26(31-34)19-7-10-23(29)24(30)16-19/h1-10,16H,11-15,17H2. The van der Waals surface area contributed by atoms with Crippen molar-refractivity contribution in [2.75, 3.05) is 26.2 Å². The van der Waals surface area contributed by atoms with E-state index >= 15 is 0 Å². The Hall–Kier alpha value is -3.98. The number of fused-ring (bicyclic) bond motifs is 1. The van der Waals surface area contributed by atoms with Crippen molar-refractivity contribution >= 4 is 16.7 Å². The summed E-state index contributed by atoms with van der Waals surface area (Å²) >= 11 is 0. The summed E-state index contributed by atoms with van der Waals surface area (Å²) in [7, 11) is 0. The average molecular weight is 493 g/mol. The molecule has 0 radical (unpaired) electrons. The van der Waals surface area contributed by atoms with Crippen LogP contribution in [0.15, 0.2) is 71.5 Å². The summed E-state index contributed by atoms with van der Waals surface area (Å²) in [6, 6.07) is 16.4. The molecule has 4 aromatic rings. The molecule has 0 bridgehead atoms. The number of carbonyl (C=O) groups excluding carboxylic acids is 1. The molecular formula is C27H23F3N4O2. The molecule has 1 saturated heterocycles. The number of piperazine rings is 1. The monoisotopic (exact) mass is 492 g/mol. The van der Waals surface area contributed by atoms with Crippen LogP contribution in [0.25, 0.3) is 22.0 Å². The Morgan fingerprint density at radius 3 is 2.22 bits per heavy atom. The van der Waals surface area contributed by atoms with Crippen molar-refractivity contribution in [2.24, 2.45) is 0 Å². The summed E-state index contributed by atoms with van der Waals surface area (Å²) in [6.45, 7) is 2.24. The maximum atomic E-state index is 13.9.